The molecule has 34 heavy (non-hydrogen) atoms. The van der Waals surface area contributed by atoms with Gasteiger partial charge in [-0.15, -0.1) is 0 Å². The quantitative estimate of drug-likeness (QED) is 0.258. The molecule has 0 spiro atoms. The van der Waals surface area contributed by atoms with Crippen LogP contribution in [0.2, 0.25) is 0 Å². The second-order valence-corrected chi connectivity index (χ2v) is 8.11. The zero-order chi connectivity index (χ0) is 23.8. The summed E-state index contributed by atoms with van der Waals surface area (Å²) in [7, 11) is 1.33. The second-order valence-electron chi connectivity index (χ2n) is 8.11. The normalized spacial score (nSPS) is 12.9. The summed E-state index contributed by atoms with van der Waals surface area (Å²) in [6, 6.07) is 15.2. The van der Waals surface area contributed by atoms with E-state index in [0.29, 0.717) is 45.9 Å². The van der Waals surface area contributed by atoms with Crippen molar-refractivity contribution in [2.75, 3.05) is 24.3 Å². The van der Waals surface area contributed by atoms with Crippen LogP contribution < -0.4 is 10.6 Å². The van der Waals surface area contributed by atoms with E-state index in [0.717, 1.165) is 29.7 Å². The Balaban J connectivity index is 1.76. The van der Waals surface area contributed by atoms with E-state index >= 15 is 0 Å². The van der Waals surface area contributed by atoms with E-state index in [1.54, 1.807) is 42.5 Å². The van der Waals surface area contributed by atoms with Crippen molar-refractivity contribution >= 4 is 40.4 Å². The molecule has 3 aromatic carbocycles. The van der Waals surface area contributed by atoms with E-state index in [2.05, 4.69) is 0 Å². The Morgan fingerprint density at radius 3 is 2.76 bits per heavy atom. The molecular weight excluding hydrogens is 433 g/mol. The minimum Gasteiger partial charge on any atom is -0.465 e. The summed E-state index contributed by atoms with van der Waals surface area (Å²) in [5.41, 5.74) is 11.7. The number of ether oxygens (including phenoxy) is 1. The van der Waals surface area contributed by atoms with Crippen molar-refractivity contribution in [1.82, 2.24) is 9.97 Å². The first-order chi connectivity index (χ1) is 16.5. The van der Waals surface area contributed by atoms with Gasteiger partial charge in [0, 0.05) is 35.3 Å². The molecule has 0 aliphatic carbocycles. The van der Waals surface area contributed by atoms with Gasteiger partial charge in [0.2, 0.25) is 0 Å². The molecule has 170 valence electrons. The number of rotatable bonds is 4. The second kappa shape index (κ2) is 8.55. The molecule has 1 aliphatic rings. The number of esters is 1. The predicted octanol–water partition coefficient (Wildman–Crippen LogP) is 4.89. The van der Waals surface area contributed by atoms with Gasteiger partial charge < -0.3 is 20.8 Å². The fraction of sp³-hybridized carbons (Fsp3) is 0.154. The van der Waals surface area contributed by atoms with E-state index in [-0.39, 0.29) is 5.82 Å². The third-order valence-electron chi connectivity index (χ3n) is 6.00. The molecule has 0 saturated heterocycles. The molecule has 3 N–H and O–H groups in total. The van der Waals surface area contributed by atoms with Crippen LogP contribution in [0.15, 0.2) is 54.6 Å². The number of hydrogen-bond donors (Lipinski definition) is 2. The number of halogens is 1. The largest absolute Gasteiger partial charge is 0.465 e. The molecular formula is C26H22FN5O2. The van der Waals surface area contributed by atoms with Gasteiger partial charge in [-0.1, -0.05) is 6.07 Å². The molecule has 1 aliphatic heterocycles. The zero-order valence-electron chi connectivity index (χ0n) is 18.5. The SMILES string of the molecule is COC(=O)c1ccc2nc(-c3ccc(N)c(C=N)c3)c(N3CCCc4cc(F)ccc43)nc2c1. The van der Waals surface area contributed by atoms with Gasteiger partial charge in [0.1, 0.15) is 11.5 Å². The van der Waals surface area contributed by atoms with E-state index in [1.165, 1.54) is 19.4 Å². The highest BCUT2D eigenvalue weighted by Gasteiger charge is 2.25. The first-order valence-electron chi connectivity index (χ1n) is 10.8. The molecule has 0 amide bonds. The van der Waals surface area contributed by atoms with Crippen LogP contribution in [-0.4, -0.2) is 35.8 Å². The van der Waals surface area contributed by atoms with Crippen LogP contribution in [0.4, 0.5) is 21.6 Å². The Bertz CT molecular complexity index is 1450. The number of hydrogen-bond acceptors (Lipinski definition) is 7. The van der Waals surface area contributed by atoms with Crippen molar-refractivity contribution in [1.29, 1.82) is 5.41 Å². The number of carbonyl (C=O) groups is 1. The number of aryl methyl sites for hydroxylation is 1. The molecule has 4 aromatic rings. The lowest BCUT2D eigenvalue weighted by Gasteiger charge is -2.31. The topological polar surface area (TPSA) is 105 Å². The van der Waals surface area contributed by atoms with Crippen LogP contribution in [0.1, 0.15) is 27.9 Å². The lowest BCUT2D eigenvalue weighted by atomic mass is 10.00. The van der Waals surface area contributed by atoms with Gasteiger partial charge in [0.05, 0.1) is 23.7 Å². The highest BCUT2D eigenvalue weighted by atomic mass is 19.1. The van der Waals surface area contributed by atoms with Gasteiger partial charge in [-0.25, -0.2) is 19.2 Å². The third-order valence-corrected chi connectivity index (χ3v) is 6.00. The Kier molecular flexibility index (Phi) is 5.41. The van der Waals surface area contributed by atoms with Crippen molar-refractivity contribution in [3.05, 3.63) is 77.1 Å². The Morgan fingerprint density at radius 2 is 1.97 bits per heavy atom. The van der Waals surface area contributed by atoms with Gasteiger partial charge in [0.15, 0.2) is 5.82 Å². The third kappa shape index (κ3) is 3.73. The van der Waals surface area contributed by atoms with Gasteiger partial charge >= 0.3 is 5.97 Å². The summed E-state index contributed by atoms with van der Waals surface area (Å²) >= 11 is 0. The standard InChI is InChI=1S/C26H22FN5O2/c1-34-26(33)17-5-8-21-22(13-17)31-25(24(30-21)16-4-7-20(29)18(11-16)14-28)32-10-2-3-15-12-19(27)6-9-23(15)32/h4-9,11-14,28H,2-3,10,29H2,1H3. The minimum absolute atomic E-state index is 0.276. The van der Waals surface area contributed by atoms with Gasteiger partial charge in [0.25, 0.3) is 0 Å². The van der Waals surface area contributed by atoms with Crippen LogP contribution in [-0.2, 0) is 11.2 Å². The van der Waals surface area contributed by atoms with Gasteiger partial charge in [-0.05, 0) is 66.9 Å². The first-order valence-corrected chi connectivity index (χ1v) is 10.8. The summed E-state index contributed by atoms with van der Waals surface area (Å²) < 4.78 is 18.8. The van der Waals surface area contributed by atoms with E-state index in [1.807, 2.05) is 11.0 Å². The van der Waals surface area contributed by atoms with Crippen LogP contribution in [0.25, 0.3) is 22.3 Å². The molecule has 1 aromatic heterocycles. The fourth-order valence-electron chi connectivity index (χ4n) is 4.30. The maximum absolute atomic E-state index is 13.9. The van der Waals surface area contributed by atoms with Crippen molar-refractivity contribution in [3.8, 4) is 11.3 Å². The molecule has 0 fully saturated rings. The van der Waals surface area contributed by atoms with Gasteiger partial charge in [-0.3, -0.25) is 0 Å². The Hall–Kier alpha value is -4.33. The number of nitrogens with two attached hydrogens (primary N) is 1. The summed E-state index contributed by atoms with van der Waals surface area (Å²) in [6.07, 6.45) is 2.80. The van der Waals surface area contributed by atoms with Crippen LogP contribution in [0.3, 0.4) is 0 Å². The summed E-state index contributed by atoms with van der Waals surface area (Å²) in [5.74, 6) is -0.146. The van der Waals surface area contributed by atoms with Crippen molar-refractivity contribution in [2.24, 2.45) is 0 Å². The lowest BCUT2D eigenvalue weighted by molar-refractivity contribution is 0.0601. The number of aromatic nitrogens is 2. The molecule has 2 heterocycles. The number of nitrogens with zero attached hydrogens (tertiary/aromatic N) is 3. The molecule has 7 nitrogen and oxygen atoms in total. The summed E-state index contributed by atoms with van der Waals surface area (Å²) in [5, 5.41) is 7.69. The maximum atomic E-state index is 13.9. The number of nitrogen functional groups attached to an aromatic ring is 1. The average Bonchev–Trinajstić information content (AvgIpc) is 2.86. The number of fused-ring (bicyclic) bond motifs is 2. The van der Waals surface area contributed by atoms with Crippen molar-refractivity contribution in [3.63, 3.8) is 0 Å². The number of carbonyl (C=O) groups excluding carboxylic acids is 1. The maximum Gasteiger partial charge on any atom is 0.337 e. The molecule has 0 bridgehead atoms. The fourth-order valence-corrected chi connectivity index (χ4v) is 4.30. The van der Waals surface area contributed by atoms with Crippen LogP contribution in [0.5, 0.6) is 0 Å². The van der Waals surface area contributed by atoms with Crippen molar-refractivity contribution < 1.29 is 13.9 Å². The molecule has 5 rings (SSSR count). The Morgan fingerprint density at radius 1 is 1.12 bits per heavy atom. The highest BCUT2D eigenvalue weighted by molar-refractivity contribution is 5.95. The smallest absolute Gasteiger partial charge is 0.337 e. The predicted molar refractivity (Wildman–Crippen MR) is 130 cm³/mol. The van der Waals surface area contributed by atoms with E-state index in [9.17, 15) is 9.18 Å². The van der Waals surface area contributed by atoms with E-state index in [4.69, 9.17) is 25.8 Å². The monoisotopic (exact) mass is 455 g/mol. The molecule has 0 unspecified atom stereocenters. The minimum atomic E-state index is -0.456. The number of benzene rings is 3. The zero-order valence-corrected chi connectivity index (χ0v) is 18.5. The molecule has 8 heteroatoms. The van der Waals surface area contributed by atoms with Gasteiger partial charge in [-0.2, -0.15) is 0 Å². The number of nitrogens with one attached hydrogen (secondary N) is 1. The molecule has 0 saturated carbocycles. The van der Waals surface area contributed by atoms with Crippen molar-refractivity contribution in [2.45, 2.75) is 12.8 Å². The number of anilines is 3. The Labute approximate surface area is 195 Å². The summed E-state index contributed by atoms with van der Waals surface area (Å²) in [6.45, 7) is 0.676. The summed E-state index contributed by atoms with van der Waals surface area (Å²) in [4.78, 5) is 23.9. The average molecular weight is 455 g/mol. The lowest BCUT2D eigenvalue weighted by Crippen LogP contribution is -2.26. The van der Waals surface area contributed by atoms with E-state index < -0.39 is 5.97 Å². The highest BCUT2D eigenvalue weighted by Crippen LogP contribution is 2.39. The molecule has 0 radical (unpaired) electrons. The first kappa shape index (κ1) is 21.5. The number of methoxy groups -OCH3 is 1. The molecule has 0 atom stereocenters. The van der Waals surface area contributed by atoms with Crippen LogP contribution in [0, 0.1) is 11.2 Å². The van der Waals surface area contributed by atoms with Crippen LogP contribution >= 0.6 is 0 Å².